The summed E-state index contributed by atoms with van der Waals surface area (Å²) in [6, 6.07) is 13.6. The SMILES string of the molecule is CC(Oc1ccccc1Cl)C(=O)NCC1(c2cccc(F)c2)CCOCC1. The van der Waals surface area contributed by atoms with Crippen LogP contribution in [0.25, 0.3) is 0 Å². The van der Waals surface area contributed by atoms with Crippen LogP contribution in [-0.4, -0.2) is 31.8 Å². The van der Waals surface area contributed by atoms with E-state index in [1.54, 1.807) is 43.3 Å². The maximum absolute atomic E-state index is 13.7. The number of hydrogen-bond donors (Lipinski definition) is 1. The zero-order valence-electron chi connectivity index (χ0n) is 15.2. The van der Waals surface area contributed by atoms with Gasteiger partial charge in [-0.2, -0.15) is 0 Å². The lowest BCUT2D eigenvalue weighted by Crippen LogP contribution is -2.47. The molecule has 3 rings (SSSR count). The van der Waals surface area contributed by atoms with Crippen molar-refractivity contribution in [1.82, 2.24) is 5.32 Å². The molecule has 1 N–H and O–H groups in total. The molecule has 2 aromatic rings. The summed E-state index contributed by atoms with van der Waals surface area (Å²) < 4.78 is 24.9. The fraction of sp³-hybridized carbons (Fsp3) is 0.381. The van der Waals surface area contributed by atoms with Gasteiger partial charge in [-0.3, -0.25) is 4.79 Å². The second kappa shape index (κ2) is 8.72. The quantitative estimate of drug-likeness (QED) is 0.806. The first-order valence-electron chi connectivity index (χ1n) is 9.03. The van der Waals surface area contributed by atoms with Crippen molar-refractivity contribution in [2.45, 2.75) is 31.3 Å². The van der Waals surface area contributed by atoms with Crippen molar-refractivity contribution in [2.24, 2.45) is 0 Å². The predicted molar refractivity (Wildman–Crippen MR) is 103 cm³/mol. The van der Waals surface area contributed by atoms with Crippen LogP contribution >= 0.6 is 11.6 Å². The minimum absolute atomic E-state index is 0.239. The van der Waals surface area contributed by atoms with Crippen LogP contribution in [0.2, 0.25) is 5.02 Å². The molecule has 0 spiro atoms. The average Bonchev–Trinajstić information content (AvgIpc) is 2.68. The van der Waals surface area contributed by atoms with Crippen LogP contribution in [-0.2, 0) is 14.9 Å². The lowest BCUT2D eigenvalue weighted by molar-refractivity contribution is -0.127. The standard InChI is InChI=1S/C21H23ClFNO3/c1-15(27-19-8-3-2-7-18(19)22)20(25)24-14-21(9-11-26-12-10-21)16-5-4-6-17(23)13-16/h2-8,13,15H,9-12,14H2,1H3,(H,24,25). The van der Waals surface area contributed by atoms with Crippen molar-refractivity contribution < 1.29 is 18.7 Å². The van der Waals surface area contributed by atoms with Gasteiger partial charge in [0, 0.05) is 25.2 Å². The molecular weight excluding hydrogens is 369 g/mol. The molecule has 6 heteroatoms. The number of hydrogen-bond acceptors (Lipinski definition) is 3. The van der Waals surface area contributed by atoms with Crippen LogP contribution in [0.5, 0.6) is 5.75 Å². The van der Waals surface area contributed by atoms with Crippen molar-refractivity contribution in [3.05, 3.63) is 64.9 Å². The lowest BCUT2D eigenvalue weighted by atomic mass is 9.74. The molecular formula is C21H23ClFNO3. The van der Waals surface area contributed by atoms with E-state index in [0.29, 0.717) is 30.5 Å². The predicted octanol–water partition coefficient (Wildman–Crippen LogP) is 4.11. The highest BCUT2D eigenvalue weighted by Gasteiger charge is 2.35. The number of nitrogens with one attached hydrogen (secondary N) is 1. The van der Waals surface area contributed by atoms with Crippen LogP contribution in [0.3, 0.4) is 0 Å². The summed E-state index contributed by atoms with van der Waals surface area (Å²) in [5, 5.41) is 3.42. The number of carbonyl (C=O) groups excluding carboxylic acids is 1. The first-order valence-corrected chi connectivity index (χ1v) is 9.41. The zero-order chi connectivity index (χ0) is 19.3. The van der Waals surface area contributed by atoms with Crippen LogP contribution in [0.4, 0.5) is 4.39 Å². The molecule has 2 aromatic carbocycles. The third-order valence-electron chi connectivity index (χ3n) is 5.00. The molecule has 27 heavy (non-hydrogen) atoms. The van der Waals surface area contributed by atoms with E-state index >= 15 is 0 Å². The number of ether oxygens (including phenoxy) is 2. The smallest absolute Gasteiger partial charge is 0.260 e. The third-order valence-corrected chi connectivity index (χ3v) is 5.31. The first-order chi connectivity index (χ1) is 13.0. The molecule has 1 aliphatic rings. The molecule has 4 nitrogen and oxygen atoms in total. The van der Waals surface area contributed by atoms with Gasteiger partial charge in [0.15, 0.2) is 6.10 Å². The van der Waals surface area contributed by atoms with Gasteiger partial charge in [-0.05, 0) is 49.6 Å². The summed E-state index contributed by atoms with van der Waals surface area (Å²) in [4.78, 5) is 12.6. The van der Waals surface area contributed by atoms with E-state index in [-0.39, 0.29) is 17.1 Å². The van der Waals surface area contributed by atoms with Gasteiger partial charge in [-0.25, -0.2) is 4.39 Å². The molecule has 1 saturated heterocycles. The Hall–Kier alpha value is -2.11. The molecule has 144 valence electrons. The largest absolute Gasteiger partial charge is 0.479 e. The molecule has 1 unspecified atom stereocenters. The van der Waals surface area contributed by atoms with Crippen molar-refractivity contribution in [1.29, 1.82) is 0 Å². The van der Waals surface area contributed by atoms with Crippen LogP contribution in [0.1, 0.15) is 25.3 Å². The number of rotatable bonds is 6. The van der Waals surface area contributed by atoms with Gasteiger partial charge in [-0.1, -0.05) is 35.9 Å². The second-order valence-corrected chi connectivity index (χ2v) is 7.22. The number of halogens is 2. The van der Waals surface area contributed by atoms with Crippen molar-refractivity contribution in [2.75, 3.05) is 19.8 Å². The summed E-state index contributed by atoms with van der Waals surface area (Å²) in [6.45, 7) is 3.24. The third kappa shape index (κ3) is 4.79. The van der Waals surface area contributed by atoms with Gasteiger partial charge in [0.2, 0.25) is 0 Å². The van der Waals surface area contributed by atoms with Crippen LogP contribution < -0.4 is 10.1 Å². The second-order valence-electron chi connectivity index (χ2n) is 6.81. The van der Waals surface area contributed by atoms with Crippen molar-refractivity contribution in [3.63, 3.8) is 0 Å². The number of para-hydroxylation sites is 1. The Balaban J connectivity index is 1.68. The fourth-order valence-electron chi connectivity index (χ4n) is 3.33. The van der Waals surface area contributed by atoms with Crippen LogP contribution in [0.15, 0.2) is 48.5 Å². The molecule has 0 saturated carbocycles. The Morgan fingerprint density at radius 2 is 2.00 bits per heavy atom. The Morgan fingerprint density at radius 3 is 2.70 bits per heavy atom. The zero-order valence-corrected chi connectivity index (χ0v) is 16.0. The summed E-state index contributed by atoms with van der Waals surface area (Å²) in [5.74, 6) is -0.0509. The van der Waals surface area contributed by atoms with Gasteiger partial charge in [0.05, 0.1) is 5.02 Å². The Bertz CT molecular complexity index is 793. The van der Waals surface area contributed by atoms with E-state index in [1.165, 1.54) is 6.07 Å². The van der Waals surface area contributed by atoms with Crippen LogP contribution in [0, 0.1) is 5.82 Å². The topological polar surface area (TPSA) is 47.6 Å². The molecule has 1 atom stereocenters. The summed E-state index contributed by atoms with van der Waals surface area (Å²) in [6.07, 6.45) is 0.738. The van der Waals surface area contributed by atoms with E-state index in [2.05, 4.69) is 5.32 Å². The van der Waals surface area contributed by atoms with E-state index in [9.17, 15) is 9.18 Å². The number of benzene rings is 2. The van der Waals surface area contributed by atoms with Gasteiger partial charge in [0.25, 0.3) is 5.91 Å². The minimum Gasteiger partial charge on any atom is -0.479 e. The van der Waals surface area contributed by atoms with Crippen molar-refractivity contribution >= 4 is 17.5 Å². The van der Waals surface area contributed by atoms with E-state index < -0.39 is 6.10 Å². The van der Waals surface area contributed by atoms with E-state index in [4.69, 9.17) is 21.1 Å². The van der Waals surface area contributed by atoms with Gasteiger partial charge in [0.1, 0.15) is 11.6 Å². The molecule has 1 amide bonds. The summed E-state index contributed by atoms with van der Waals surface area (Å²) in [7, 11) is 0. The number of amides is 1. The maximum atomic E-state index is 13.7. The molecule has 1 heterocycles. The number of carbonyl (C=O) groups is 1. The fourth-order valence-corrected chi connectivity index (χ4v) is 3.51. The van der Waals surface area contributed by atoms with Gasteiger partial charge in [-0.15, -0.1) is 0 Å². The molecule has 0 aliphatic carbocycles. The normalized spacial score (nSPS) is 17.1. The Kier molecular flexibility index (Phi) is 6.34. The summed E-state index contributed by atoms with van der Waals surface area (Å²) >= 11 is 6.08. The monoisotopic (exact) mass is 391 g/mol. The highest BCUT2D eigenvalue weighted by molar-refractivity contribution is 6.32. The molecule has 0 aromatic heterocycles. The molecule has 1 aliphatic heterocycles. The highest BCUT2D eigenvalue weighted by Crippen LogP contribution is 2.34. The van der Waals surface area contributed by atoms with Gasteiger partial charge >= 0.3 is 0 Å². The van der Waals surface area contributed by atoms with E-state index in [1.807, 2.05) is 6.07 Å². The average molecular weight is 392 g/mol. The first kappa shape index (κ1) is 19.6. The Morgan fingerprint density at radius 1 is 1.26 bits per heavy atom. The van der Waals surface area contributed by atoms with Gasteiger partial charge < -0.3 is 14.8 Å². The highest BCUT2D eigenvalue weighted by atomic mass is 35.5. The minimum atomic E-state index is -0.700. The maximum Gasteiger partial charge on any atom is 0.260 e. The lowest BCUT2D eigenvalue weighted by Gasteiger charge is -2.38. The van der Waals surface area contributed by atoms with Crippen molar-refractivity contribution in [3.8, 4) is 5.75 Å². The Labute approximate surface area is 163 Å². The molecule has 1 fully saturated rings. The van der Waals surface area contributed by atoms with E-state index in [0.717, 1.165) is 18.4 Å². The molecule has 0 bridgehead atoms. The summed E-state index contributed by atoms with van der Waals surface area (Å²) in [5.41, 5.74) is 0.533. The molecule has 0 radical (unpaired) electrons.